The zero-order valence-electron chi connectivity index (χ0n) is 11.9. The van der Waals surface area contributed by atoms with Gasteiger partial charge in [-0.05, 0) is 36.3 Å². The summed E-state index contributed by atoms with van der Waals surface area (Å²) in [6.07, 6.45) is 1.03. The number of rotatable bonds is 5. The predicted octanol–water partition coefficient (Wildman–Crippen LogP) is 3.90. The molecule has 3 rings (SSSR count). The smallest absolute Gasteiger partial charge is 0.148 e. The van der Waals surface area contributed by atoms with E-state index in [0.717, 1.165) is 34.2 Å². The Labute approximate surface area is 136 Å². The van der Waals surface area contributed by atoms with Gasteiger partial charge in [-0.15, -0.1) is 22.7 Å². The molecule has 2 N–H and O–H groups in total. The van der Waals surface area contributed by atoms with Crippen LogP contribution < -0.4 is 10.6 Å². The highest BCUT2D eigenvalue weighted by atomic mass is 32.1. The molecular formula is C14H16N4S3. The quantitative estimate of drug-likeness (QED) is 0.768. The molecule has 0 unspecified atom stereocenters. The molecule has 0 atom stereocenters. The summed E-state index contributed by atoms with van der Waals surface area (Å²) in [6.45, 7) is 2.95. The first-order chi connectivity index (χ1) is 10.1. The average Bonchev–Trinajstić information content (AvgIpc) is 3.17. The normalized spacial score (nSPS) is 11.0. The third kappa shape index (κ3) is 3.09. The number of hydrogen-bond acceptors (Lipinski definition) is 7. The maximum absolute atomic E-state index is 6.05. The number of aryl methyl sites for hydroxylation is 1. The van der Waals surface area contributed by atoms with E-state index in [4.69, 9.17) is 5.73 Å². The third-order valence-electron chi connectivity index (χ3n) is 3.20. The molecule has 3 aromatic heterocycles. The predicted molar refractivity (Wildman–Crippen MR) is 93.7 cm³/mol. The van der Waals surface area contributed by atoms with Gasteiger partial charge in [-0.3, -0.25) is 0 Å². The maximum atomic E-state index is 6.05. The molecule has 110 valence electrons. The van der Waals surface area contributed by atoms with Crippen molar-refractivity contribution in [2.75, 3.05) is 24.2 Å². The number of nitrogens with two attached hydrogens (primary N) is 1. The van der Waals surface area contributed by atoms with E-state index in [-0.39, 0.29) is 0 Å². The van der Waals surface area contributed by atoms with Gasteiger partial charge in [0.2, 0.25) is 0 Å². The number of nitrogen functional groups attached to an aromatic ring is 1. The Kier molecular flexibility index (Phi) is 4.23. The summed E-state index contributed by atoms with van der Waals surface area (Å²) in [5.74, 6) is 0.572. The van der Waals surface area contributed by atoms with Crippen molar-refractivity contribution in [3.63, 3.8) is 0 Å². The number of hydrogen-bond donors (Lipinski definition) is 1. The molecule has 0 saturated carbocycles. The van der Waals surface area contributed by atoms with Crippen LogP contribution in [-0.2, 0) is 6.42 Å². The van der Waals surface area contributed by atoms with Crippen LogP contribution in [0.5, 0.6) is 0 Å². The van der Waals surface area contributed by atoms with E-state index in [2.05, 4.69) is 38.8 Å². The number of anilines is 2. The molecule has 0 aromatic carbocycles. The molecular weight excluding hydrogens is 320 g/mol. The lowest BCUT2D eigenvalue weighted by Crippen LogP contribution is -2.19. The summed E-state index contributed by atoms with van der Waals surface area (Å²) in [5.41, 5.74) is 7.95. The highest BCUT2D eigenvalue weighted by molar-refractivity contribution is 7.11. The van der Waals surface area contributed by atoms with E-state index in [1.54, 1.807) is 22.7 Å². The van der Waals surface area contributed by atoms with Crippen LogP contribution in [0.15, 0.2) is 22.9 Å². The first kappa shape index (κ1) is 14.5. The number of thiazole rings is 1. The third-order valence-corrected chi connectivity index (χ3v) is 5.88. The summed E-state index contributed by atoms with van der Waals surface area (Å²) in [5, 5.41) is 6.30. The van der Waals surface area contributed by atoms with Crippen LogP contribution >= 0.6 is 34.2 Å². The van der Waals surface area contributed by atoms with Crippen molar-refractivity contribution < 1.29 is 0 Å². The molecule has 0 aliphatic rings. The van der Waals surface area contributed by atoms with Gasteiger partial charge < -0.3 is 10.6 Å². The largest absolute Gasteiger partial charge is 0.382 e. The van der Waals surface area contributed by atoms with E-state index in [9.17, 15) is 0 Å². The van der Waals surface area contributed by atoms with E-state index in [1.165, 1.54) is 16.4 Å². The Hall–Kier alpha value is -1.44. The Morgan fingerprint density at radius 1 is 1.33 bits per heavy atom. The Morgan fingerprint density at radius 3 is 2.86 bits per heavy atom. The van der Waals surface area contributed by atoms with Crippen LogP contribution in [0.3, 0.4) is 0 Å². The minimum atomic E-state index is 0.572. The lowest BCUT2D eigenvalue weighted by Gasteiger charge is -2.17. The van der Waals surface area contributed by atoms with Crippen LogP contribution in [0.4, 0.5) is 10.8 Å². The van der Waals surface area contributed by atoms with Gasteiger partial charge in [-0.1, -0.05) is 6.07 Å². The van der Waals surface area contributed by atoms with Crippen LogP contribution in [0.1, 0.15) is 9.88 Å². The number of likely N-dealkylation sites (N-methyl/N-ethyl adjacent to an activating group) is 1. The fraction of sp³-hybridized carbons (Fsp3) is 0.286. The van der Waals surface area contributed by atoms with Crippen molar-refractivity contribution in [3.05, 3.63) is 32.8 Å². The molecule has 0 radical (unpaired) electrons. The minimum absolute atomic E-state index is 0.572. The molecule has 7 heteroatoms. The van der Waals surface area contributed by atoms with Gasteiger partial charge in [0.05, 0.1) is 16.3 Å². The molecule has 4 nitrogen and oxygen atoms in total. The summed E-state index contributed by atoms with van der Waals surface area (Å²) in [6, 6.07) is 4.26. The van der Waals surface area contributed by atoms with Crippen molar-refractivity contribution in [2.24, 2.45) is 0 Å². The fourth-order valence-electron chi connectivity index (χ4n) is 2.11. The molecule has 3 heterocycles. The molecule has 0 fully saturated rings. The second-order valence-corrected chi connectivity index (χ2v) is 7.60. The number of thiophene rings is 1. The van der Waals surface area contributed by atoms with Crippen molar-refractivity contribution in [2.45, 2.75) is 13.3 Å². The SMILES string of the molecule is Cc1nc(-c2c(N)nsc2N(C)CCc2cccs2)cs1. The molecule has 0 amide bonds. The monoisotopic (exact) mass is 336 g/mol. The van der Waals surface area contributed by atoms with E-state index in [1.807, 2.05) is 12.3 Å². The van der Waals surface area contributed by atoms with Gasteiger partial charge in [-0.2, -0.15) is 4.37 Å². The van der Waals surface area contributed by atoms with Gasteiger partial charge in [0.25, 0.3) is 0 Å². The molecule has 0 spiro atoms. The number of nitrogens with zero attached hydrogens (tertiary/aromatic N) is 3. The van der Waals surface area contributed by atoms with Gasteiger partial charge in [-0.25, -0.2) is 4.98 Å². The zero-order chi connectivity index (χ0) is 14.8. The minimum Gasteiger partial charge on any atom is -0.382 e. The van der Waals surface area contributed by atoms with Crippen LogP contribution in [-0.4, -0.2) is 22.9 Å². The summed E-state index contributed by atoms with van der Waals surface area (Å²) in [7, 11) is 2.09. The molecule has 0 aliphatic heterocycles. The van der Waals surface area contributed by atoms with Crippen molar-refractivity contribution in [1.82, 2.24) is 9.36 Å². The highest BCUT2D eigenvalue weighted by Gasteiger charge is 2.19. The fourth-order valence-corrected chi connectivity index (χ4v) is 4.22. The first-order valence-corrected chi connectivity index (χ1v) is 9.09. The topological polar surface area (TPSA) is 55.0 Å². The van der Waals surface area contributed by atoms with Crippen molar-refractivity contribution >= 4 is 45.0 Å². The van der Waals surface area contributed by atoms with E-state index >= 15 is 0 Å². The van der Waals surface area contributed by atoms with E-state index < -0.39 is 0 Å². The Bertz CT molecular complexity index is 714. The standard InChI is InChI=1S/C14H16N4S3/c1-9-16-11(8-20-9)12-13(15)17-21-14(12)18(2)6-5-10-4-3-7-19-10/h3-4,7-8H,5-6H2,1-2H3,(H2,15,17). The Balaban J connectivity index is 1.82. The van der Waals surface area contributed by atoms with Crippen molar-refractivity contribution in [3.8, 4) is 11.3 Å². The average molecular weight is 337 g/mol. The zero-order valence-corrected chi connectivity index (χ0v) is 14.3. The maximum Gasteiger partial charge on any atom is 0.148 e. The molecule has 21 heavy (non-hydrogen) atoms. The van der Waals surface area contributed by atoms with Gasteiger partial charge in [0.1, 0.15) is 10.8 Å². The molecule has 0 bridgehead atoms. The van der Waals surface area contributed by atoms with E-state index in [0.29, 0.717) is 5.82 Å². The second-order valence-electron chi connectivity index (χ2n) is 4.75. The van der Waals surface area contributed by atoms with Crippen LogP contribution in [0.2, 0.25) is 0 Å². The van der Waals surface area contributed by atoms with Gasteiger partial charge in [0, 0.05) is 23.8 Å². The van der Waals surface area contributed by atoms with Crippen LogP contribution in [0, 0.1) is 6.92 Å². The van der Waals surface area contributed by atoms with Gasteiger partial charge >= 0.3 is 0 Å². The lowest BCUT2D eigenvalue weighted by molar-refractivity contribution is 0.896. The molecule has 3 aromatic rings. The second kappa shape index (κ2) is 6.13. The lowest BCUT2D eigenvalue weighted by atomic mass is 10.2. The van der Waals surface area contributed by atoms with Crippen molar-refractivity contribution in [1.29, 1.82) is 0 Å². The Morgan fingerprint density at radius 2 is 2.19 bits per heavy atom. The summed E-state index contributed by atoms with van der Waals surface area (Å²) >= 11 is 4.88. The summed E-state index contributed by atoms with van der Waals surface area (Å²) in [4.78, 5) is 8.16. The molecule has 0 aliphatic carbocycles. The highest BCUT2D eigenvalue weighted by Crippen LogP contribution is 2.39. The summed E-state index contributed by atoms with van der Waals surface area (Å²) < 4.78 is 4.31. The molecule has 0 saturated heterocycles. The number of aromatic nitrogens is 2. The van der Waals surface area contributed by atoms with Crippen LogP contribution in [0.25, 0.3) is 11.3 Å². The van der Waals surface area contributed by atoms with Gasteiger partial charge in [0.15, 0.2) is 0 Å². The first-order valence-electron chi connectivity index (χ1n) is 6.56.